The van der Waals surface area contributed by atoms with Crippen molar-refractivity contribution in [3.05, 3.63) is 90.5 Å². The van der Waals surface area contributed by atoms with Crippen LogP contribution in [-0.2, 0) is 11.2 Å². The zero-order valence-corrected chi connectivity index (χ0v) is 17.5. The molecule has 0 aliphatic heterocycles. The molecule has 158 valence electrons. The summed E-state index contributed by atoms with van der Waals surface area (Å²) in [6.07, 6.45) is 0.282. The first-order valence-corrected chi connectivity index (χ1v) is 10.3. The summed E-state index contributed by atoms with van der Waals surface area (Å²) < 4.78 is 11.0. The van der Waals surface area contributed by atoms with Crippen LogP contribution in [-0.4, -0.2) is 18.0 Å². The third kappa shape index (κ3) is 4.25. The van der Waals surface area contributed by atoms with Crippen LogP contribution in [0.1, 0.15) is 5.56 Å². The Bertz CT molecular complexity index is 1390. The molecule has 0 aliphatic carbocycles. The van der Waals surface area contributed by atoms with Gasteiger partial charge in [0.05, 0.1) is 13.5 Å². The molecule has 0 fully saturated rings. The zero-order chi connectivity index (χ0) is 21.9. The van der Waals surface area contributed by atoms with Gasteiger partial charge >= 0.3 is 0 Å². The van der Waals surface area contributed by atoms with E-state index in [-0.39, 0.29) is 12.3 Å². The van der Waals surface area contributed by atoms with Gasteiger partial charge in [-0.3, -0.25) is 4.79 Å². The smallest absolute Gasteiger partial charge is 0.300 e. The number of para-hydroxylation sites is 2. The molecule has 32 heavy (non-hydrogen) atoms. The maximum Gasteiger partial charge on any atom is 0.300 e. The second-order valence-corrected chi connectivity index (χ2v) is 7.46. The van der Waals surface area contributed by atoms with Crippen molar-refractivity contribution >= 4 is 45.2 Å². The van der Waals surface area contributed by atoms with Crippen LogP contribution in [0.5, 0.6) is 5.75 Å². The van der Waals surface area contributed by atoms with E-state index in [9.17, 15) is 4.79 Å². The lowest BCUT2D eigenvalue weighted by Crippen LogP contribution is -2.14. The summed E-state index contributed by atoms with van der Waals surface area (Å²) in [5, 5.41) is 8.25. The fourth-order valence-corrected chi connectivity index (χ4v) is 3.62. The summed E-state index contributed by atoms with van der Waals surface area (Å²) >= 11 is 0. The molecule has 0 unspecified atom stereocenters. The molecule has 5 aromatic rings. The van der Waals surface area contributed by atoms with Crippen LogP contribution in [0, 0.1) is 0 Å². The minimum atomic E-state index is -0.0862. The minimum absolute atomic E-state index is 0.0862. The van der Waals surface area contributed by atoms with Gasteiger partial charge in [-0.05, 0) is 58.8 Å². The average molecular weight is 423 g/mol. The van der Waals surface area contributed by atoms with Crippen molar-refractivity contribution in [2.24, 2.45) is 0 Å². The van der Waals surface area contributed by atoms with Crippen molar-refractivity contribution in [1.29, 1.82) is 0 Å². The molecule has 0 saturated carbocycles. The van der Waals surface area contributed by atoms with Crippen LogP contribution in [0.25, 0.3) is 21.9 Å². The van der Waals surface area contributed by atoms with Crippen molar-refractivity contribution in [2.75, 3.05) is 17.7 Å². The lowest BCUT2D eigenvalue weighted by molar-refractivity contribution is -0.115. The number of hydrogen-bond acceptors (Lipinski definition) is 5. The van der Waals surface area contributed by atoms with E-state index in [1.807, 2.05) is 84.9 Å². The Labute approximate surface area is 184 Å². The standard InChI is InChI=1S/C26H21N3O3/c1-31-22-12-11-18-13-17(9-10-19(18)15-22)14-25(30)27-20-5-4-6-21(16-20)28-26-29-23-7-2-3-8-24(23)32-26/h2-13,15-16H,14H2,1H3,(H,27,30)(H,28,29). The number of anilines is 3. The van der Waals surface area contributed by atoms with Gasteiger partial charge in [-0.2, -0.15) is 4.98 Å². The molecular formula is C26H21N3O3. The fraction of sp³-hybridized carbons (Fsp3) is 0.0769. The van der Waals surface area contributed by atoms with Gasteiger partial charge in [0, 0.05) is 11.4 Å². The van der Waals surface area contributed by atoms with Crippen LogP contribution in [0.3, 0.4) is 0 Å². The van der Waals surface area contributed by atoms with E-state index in [1.54, 1.807) is 7.11 Å². The molecule has 2 N–H and O–H groups in total. The number of ether oxygens (including phenoxy) is 1. The first kappa shape index (κ1) is 19.6. The number of benzene rings is 4. The summed E-state index contributed by atoms with van der Waals surface area (Å²) in [6, 6.07) is 27.3. The summed E-state index contributed by atoms with van der Waals surface area (Å²) in [6.45, 7) is 0. The van der Waals surface area contributed by atoms with E-state index in [4.69, 9.17) is 9.15 Å². The molecule has 0 bridgehead atoms. The summed E-state index contributed by atoms with van der Waals surface area (Å²) in [5.41, 5.74) is 3.91. The van der Waals surface area contributed by atoms with Crippen molar-refractivity contribution < 1.29 is 13.9 Å². The highest BCUT2D eigenvalue weighted by Gasteiger charge is 2.08. The predicted octanol–water partition coefficient (Wildman–Crippen LogP) is 5.91. The monoisotopic (exact) mass is 423 g/mol. The van der Waals surface area contributed by atoms with Crippen LogP contribution < -0.4 is 15.4 Å². The van der Waals surface area contributed by atoms with Gasteiger partial charge in [0.15, 0.2) is 5.58 Å². The van der Waals surface area contributed by atoms with Crippen molar-refractivity contribution in [1.82, 2.24) is 4.98 Å². The van der Waals surface area contributed by atoms with Crippen molar-refractivity contribution in [3.63, 3.8) is 0 Å². The highest BCUT2D eigenvalue weighted by molar-refractivity contribution is 5.94. The SMILES string of the molecule is COc1ccc2cc(CC(=O)Nc3cccc(Nc4nc5ccccc5o4)c3)ccc2c1. The Balaban J connectivity index is 1.26. The number of aromatic nitrogens is 1. The molecule has 4 aromatic carbocycles. The van der Waals surface area contributed by atoms with Crippen LogP contribution in [0.4, 0.5) is 17.4 Å². The fourth-order valence-electron chi connectivity index (χ4n) is 3.62. The summed E-state index contributed by atoms with van der Waals surface area (Å²) in [5.74, 6) is 0.728. The highest BCUT2D eigenvalue weighted by Crippen LogP contribution is 2.24. The lowest BCUT2D eigenvalue weighted by atomic mass is 10.0. The van der Waals surface area contributed by atoms with E-state index >= 15 is 0 Å². The molecule has 1 aromatic heterocycles. The number of nitrogens with zero attached hydrogens (tertiary/aromatic N) is 1. The number of carbonyl (C=O) groups excluding carboxylic acids is 1. The van der Waals surface area contributed by atoms with Crippen LogP contribution >= 0.6 is 0 Å². The largest absolute Gasteiger partial charge is 0.497 e. The van der Waals surface area contributed by atoms with Gasteiger partial charge in [-0.15, -0.1) is 0 Å². The number of carbonyl (C=O) groups is 1. The molecule has 0 radical (unpaired) electrons. The van der Waals surface area contributed by atoms with Gasteiger partial charge in [0.2, 0.25) is 5.91 Å². The number of rotatable bonds is 6. The normalized spacial score (nSPS) is 10.9. The van der Waals surface area contributed by atoms with Gasteiger partial charge in [0.1, 0.15) is 11.3 Å². The third-order valence-corrected chi connectivity index (χ3v) is 5.17. The number of fused-ring (bicyclic) bond motifs is 2. The Hall–Kier alpha value is -4.32. The lowest BCUT2D eigenvalue weighted by Gasteiger charge is -2.09. The van der Waals surface area contributed by atoms with Crippen LogP contribution in [0.2, 0.25) is 0 Å². The maximum atomic E-state index is 12.6. The first-order chi connectivity index (χ1) is 15.7. The number of methoxy groups -OCH3 is 1. The summed E-state index contributed by atoms with van der Waals surface area (Å²) in [7, 11) is 1.65. The Kier molecular flexibility index (Phi) is 5.17. The predicted molar refractivity (Wildman–Crippen MR) is 127 cm³/mol. The molecule has 0 aliphatic rings. The molecule has 1 amide bonds. The minimum Gasteiger partial charge on any atom is -0.497 e. The third-order valence-electron chi connectivity index (χ3n) is 5.17. The van der Waals surface area contributed by atoms with Gasteiger partial charge in [-0.1, -0.05) is 42.5 Å². The van der Waals surface area contributed by atoms with E-state index in [0.29, 0.717) is 17.3 Å². The number of hydrogen-bond donors (Lipinski definition) is 2. The van der Waals surface area contributed by atoms with Crippen LogP contribution in [0.15, 0.2) is 89.3 Å². The Morgan fingerprint density at radius 3 is 2.59 bits per heavy atom. The van der Waals surface area contributed by atoms with E-state index in [1.165, 1.54) is 0 Å². The van der Waals surface area contributed by atoms with Crippen molar-refractivity contribution in [3.8, 4) is 5.75 Å². The number of oxazole rings is 1. The topological polar surface area (TPSA) is 76.4 Å². The molecular weight excluding hydrogens is 402 g/mol. The second kappa shape index (κ2) is 8.43. The molecule has 5 rings (SSSR count). The maximum absolute atomic E-state index is 12.6. The number of nitrogens with one attached hydrogen (secondary N) is 2. The van der Waals surface area contributed by atoms with E-state index in [0.717, 1.165) is 33.3 Å². The van der Waals surface area contributed by atoms with E-state index in [2.05, 4.69) is 15.6 Å². The number of amides is 1. The quantitative estimate of drug-likeness (QED) is 0.355. The molecule has 0 saturated heterocycles. The van der Waals surface area contributed by atoms with Gasteiger partial charge in [0.25, 0.3) is 6.01 Å². The zero-order valence-electron chi connectivity index (χ0n) is 17.5. The molecule has 6 nitrogen and oxygen atoms in total. The molecule has 1 heterocycles. The molecule has 0 spiro atoms. The summed E-state index contributed by atoms with van der Waals surface area (Å²) in [4.78, 5) is 17.0. The first-order valence-electron chi connectivity index (χ1n) is 10.3. The molecule has 6 heteroatoms. The van der Waals surface area contributed by atoms with Gasteiger partial charge < -0.3 is 19.8 Å². The Morgan fingerprint density at radius 2 is 1.72 bits per heavy atom. The highest BCUT2D eigenvalue weighted by atomic mass is 16.5. The Morgan fingerprint density at radius 1 is 0.906 bits per heavy atom. The van der Waals surface area contributed by atoms with E-state index < -0.39 is 0 Å². The molecule has 0 atom stereocenters. The van der Waals surface area contributed by atoms with Gasteiger partial charge in [-0.25, -0.2) is 0 Å². The van der Waals surface area contributed by atoms with Crippen molar-refractivity contribution in [2.45, 2.75) is 6.42 Å². The average Bonchev–Trinajstić information content (AvgIpc) is 3.21. The second-order valence-electron chi connectivity index (χ2n) is 7.46.